The highest BCUT2D eigenvalue weighted by atomic mass is 35.5. The van der Waals surface area contributed by atoms with Crippen molar-refractivity contribution in [3.63, 3.8) is 0 Å². The summed E-state index contributed by atoms with van der Waals surface area (Å²) < 4.78 is 11.1. The van der Waals surface area contributed by atoms with Crippen LogP contribution in [0, 0.1) is 0 Å². The molecule has 21 heavy (non-hydrogen) atoms. The van der Waals surface area contributed by atoms with Crippen molar-refractivity contribution in [1.82, 2.24) is 0 Å². The largest absolute Gasteiger partial charge is 0.493 e. The molecule has 0 aliphatic heterocycles. The maximum atomic E-state index is 6.13. The van der Waals surface area contributed by atoms with E-state index in [9.17, 15) is 0 Å². The van der Waals surface area contributed by atoms with Crippen LogP contribution in [0.15, 0.2) is 36.4 Å². The zero-order valence-corrected chi connectivity index (χ0v) is 13.2. The average molecular weight is 326 g/mol. The van der Waals surface area contributed by atoms with E-state index < -0.39 is 0 Å². The van der Waals surface area contributed by atoms with Crippen molar-refractivity contribution < 1.29 is 9.47 Å². The van der Waals surface area contributed by atoms with E-state index >= 15 is 0 Å². The van der Waals surface area contributed by atoms with Gasteiger partial charge < -0.3 is 15.2 Å². The summed E-state index contributed by atoms with van der Waals surface area (Å²) in [5, 5.41) is 1.17. The number of hydrogen-bond acceptors (Lipinski definition) is 3. The Morgan fingerprint density at radius 2 is 1.76 bits per heavy atom. The molecule has 0 saturated carbocycles. The van der Waals surface area contributed by atoms with E-state index in [2.05, 4.69) is 0 Å². The predicted octanol–water partition coefficient (Wildman–Crippen LogP) is 4.08. The molecule has 2 rings (SSSR count). The molecule has 2 aromatic rings. The molecule has 5 heteroatoms. The Balaban J connectivity index is 2.16. The minimum Gasteiger partial charge on any atom is -0.493 e. The van der Waals surface area contributed by atoms with Crippen LogP contribution in [0.25, 0.3) is 0 Å². The van der Waals surface area contributed by atoms with Gasteiger partial charge in [-0.2, -0.15) is 0 Å². The lowest BCUT2D eigenvalue weighted by molar-refractivity contribution is 0.284. The van der Waals surface area contributed by atoms with Crippen LogP contribution in [0.4, 0.5) is 0 Å². The molecule has 2 aromatic carbocycles. The molecule has 0 aromatic heterocycles. The highest BCUT2D eigenvalue weighted by Gasteiger charge is 2.09. The fraction of sp³-hybridized carbons (Fsp3) is 0.250. The lowest BCUT2D eigenvalue weighted by atomic mass is 10.1. The number of methoxy groups -OCH3 is 1. The third-order valence-electron chi connectivity index (χ3n) is 3.09. The predicted molar refractivity (Wildman–Crippen MR) is 86.5 cm³/mol. The summed E-state index contributed by atoms with van der Waals surface area (Å²) in [6.07, 6.45) is 0.799. The zero-order chi connectivity index (χ0) is 15.2. The van der Waals surface area contributed by atoms with Gasteiger partial charge in [0.1, 0.15) is 6.61 Å². The zero-order valence-electron chi connectivity index (χ0n) is 11.7. The summed E-state index contributed by atoms with van der Waals surface area (Å²) in [4.78, 5) is 0. The molecule has 0 unspecified atom stereocenters. The Kier molecular flexibility index (Phi) is 5.74. The maximum Gasteiger partial charge on any atom is 0.161 e. The van der Waals surface area contributed by atoms with Crippen molar-refractivity contribution in [2.75, 3.05) is 13.7 Å². The molecule has 0 amide bonds. The van der Waals surface area contributed by atoms with Gasteiger partial charge in [-0.05, 0) is 42.8 Å². The quantitative estimate of drug-likeness (QED) is 0.870. The van der Waals surface area contributed by atoms with Crippen LogP contribution in [-0.2, 0) is 13.0 Å². The van der Waals surface area contributed by atoms with Crippen molar-refractivity contribution in [1.29, 1.82) is 0 Å². The van der Waals surface area contributed by atoms with Crippen LogP contribution in [0.1, 0.15) is 11.1 Å². The molecule has 0 heterocycles. The van der Waals surface area contributed by atoms with Crippen molar-refractivity contribution in [2.45, 2.75) is 13.0 Å². The van der Waals surface area contributed by atoms with Gasteiger partial charge in [0.15, 0.2) is 11.5 Å². The van der Waals surface area contributed by atoms with E-state index in [1.165, 1.54) is 0 Å². The maximum absolute atomic E-state index is 6.13. The normalized spacial score (nSPS) is 10.5. The standard InChI is InChI=1S/C16H17Cl2NO2/c1-20-16-9-11(7-8-19)5-6-15(16)21-10-12-13(17)3-2-4-14(12)18/h2-6,9H,7-8,10,19H2,1H3. The van der Waals surface area contributed by atoms with E-state index in [0.29, 0.717) is 28.1 Å². The van der Waals surface area contributed by atoms with Gasteiger partial charge in [-0.15, -0.1) is 0 Å². The Morgan fingerprint density at radius 1 is 1.05 bits per heavy atom. The first kappa shape index (κ1) is 16.0. The fourth-order valence-electron chi connectivity index (χ4n) is 1.97. The van der Waals surface area contributed by atoms with Crippen LogP contribution in [0.5, 0.6) is 11.5 Å². The van der Waals surface area contributed by atoms with Gasteiger partial charge in [-0.25, -0.2) is 0 Å². The molecule has 0 fully saturated rings. The molecule has 0 radical (unpaired) electrons. The molecule has 112 valence electrons. The Labute approximate surface area is 134 Å². The summed E-state index contributed by atoms with van der Waals surface area (Å²) in [5.41, 5.74) is 7.42. The van der Waals surface area contributed by atoms with Gasteiger partial charge in [0.2, 0.25) is 0 Å². The molecule has 0 aliphatic carbocycles. The number of halogens is 2. The monoisotopic (exact) mass is 325 g/mol. The van der Waals surface area contributed by atoms with Gasteiger partial charge in [0.05, 0.1) is 7.11 Å². The van der Waals surface area contributed by atoms with Gasteiger partial charge in [0, 0.05) is 15.6 Å². The lowest BCUT2D eigenvalue weighted by Gasteiger charge is -2.13. The Bertz CT molecular complexity index is 597. The van der Waals surface area contributed by atoms with Crippen LogP contribution in [0.2, 0.25) is 10.0 Å². The van der Waals surface area contributed by atoms with Gasteiger partial charge in [-0.1, -0.05) is 35.3 Å². The SMILES string of the molecule is COc1cc(CCN)ccc1OCc1c(Cl)cccc1Cl. The second kappa shape index (κ2) is 7.55. The molecule has 0 aliphatic rings. The second-order valence-corrected chi connectivity index (χ2v) is 5.33. The first-order valence-corrected chi connectivity index (χ1v) is 7.34. The molecule has 0 bridgehead atoms. The Morgan fingerprint density at radius 3 is 2.38 bits per heavy atom. The molecule has 2 N–H and O–H groups in total. The highest BCUT2D eigenvalue weighted by molar-refractivity contribution is 6.35. The van der Waals surface area contributed by atoms with Crippen molar-refractivity contribution >= 4 is 23.2 Å². The number of hydrogen-bond donors (Lipinski definition) is 1. The van der Waals surface area contributed by atoms with Crippen LogP contribution in [-0.4, -0.2) is 13.7 Å². The smallest absolute Gasteiger partial charge is 0.161 e. The molecule has 0 spiro atoms. The third-order valence-corrected chi connectivity index (χ3v) is 3.80. The summed E-state index contributed by atoms with van der Waals surface area (Å²) in [5.74, 6) is 1.32. The third kappa shape index (κ3) is 4.03. The van der Waals surface area contributed by atoms with Crippen LogP contribution < -0.4 is 15.2 Å². The highest BCUT2D eigenvalue weighted by Crippen LogP contribution is 2.31. The van der Waals surface area contributed by atoms with E-state index in [4.69, 9.17) is 38.4 Å². The minimum atomic E-state index is 0.283. The number of nitrogens with two attached hydrogens (primary N) is 1. The van der Waals surface area contributed by atoms with Crippen molar-refractivity contribution in [3.05, 3.63) is 57.6 Å². The van der Waals surface area contributed by atoms with Gasteiger partial charge in [0.25, 0.3) is 0 Å². The van der Waals surface area contributed by atoms with E-state index in [1.54, 1.807) is 25.3 Å². The van der Waals surface area contributed by atoms with Gasteiger partial charge >= 0.3 is 0 Å². The molecular formula is C16H17Cl2NO2. The van der Waals surface area contributed by atoms with Gasteiger partial charge in [-0.3, -0.25) is 0 Å². The summed E-state index contributed by atoms with van der Waals surface area (Å²) in [7, 11) is 1.61. The number of ether oxygens (including phenoxy) is 2. The second-order valence-electron chi connectivity index (χ2n) is 4.51. The van der Waals surface area contributed by atoms with Crippen LogP contribution in [0.3, 0.4) is 0 Å². The topological polar surface area (TPSA) is 44.5 Å². The molecule has 3 nitrogen and oxygen atoms in total. The van der Waals surface area contributed by atoms with Crippen molar-refractivity contribution in [2.24, 2.45) is 5.73 Å². The minimum absolute atomic E-state index is 0.283. The Hall–Kier alpha value is -1.42. The van der Waals surface area contributed by atoms with E-state index in [-0.39, 0.29) is 6.61 Å². The van der Waals surface area contributed by atoms with Crippen molar-refractivity contribution in [3.8, 4) is 11.5 Å². The lowest BCUT2D eigenvalue weighted by Crippen LogP contribution is -2.04. The van der Waals surface area contributed by atoms with E-state index in [1.807, 2.05) is 18.2 Å². The van der Waals surface area contributed by atoms with E-state index in [0.717, 1.165) is 17.5 Å². The first-order chi connectivity index (χ1) is 10.2. The van der Waals surface area contributed by atoms with Crippen LogP contribution >= 0.6 is 23.2 Å². The number of rotatable bonds is 6. The molecule has 0 atom stereocenters. The summed E-state index contributed by atoms with van der Waals surface area (Å²) in [6, 6.07) is 11.1. The molecular weight excluding hydrogens is 309 g/mol. The summed E-state index contributed by atoms with van der Waals surface area (Å²) in [6.45, 7) is 0.879. The fourth-order valence-corrected chi connectivity index (χ4v) is 2.48. The number of benzene rings is 2. The average Bonchev–Trinajstić information content (AvgIpc) is 2.48. The molecule has 0 saturated heterocycles. The first-order valence-electron chi connectivity index (χ1n) is 6.58. The summed E-state index contributed by atoms with van der Waals surface area (Å²) >= 11 is 12.3.